The standard InChI is InChI=1S/C15H18N2O4S/c1-4-21-14(19)11-5-6-12-13(9-11)22-15(16-10(2)18)17(12)7-8-20-3/h5-6,9H,4,7-8H2,1-3H3. The highest BCUT2D eigenvalue weighted by atomic mass is 32.1. The number of thiazole rings is 1. The number of nitrogens with zero attached hydrogens (tertiary/aromatic N) is 2. The van der Waals surface area contributed by atoms with Crippen molar-refractivity contribution in [1.29, 1.82) is 0 Å². The van der Waals surface area contributed by atoms with Gasteiger partial charge in [0.25, 0.3) is 0 Å². The molecule has 0 aliphatic heterocycles. The molecule has 0 fully saturated rings. The average molecular weight is 322 g/mol. The molecule has 1 aromatic carbocycles. The van der Waals surface area contributed by atoms with E-state index in [1.54, 1.807) is 26.2 Å². The Labute approximate surface area is 132 Å². The van der Waals surface area contributed by atoms with Gasteiger partial charge in [-0.3, -0.25) is 4.79 Å². The van der Waals surface area contributed by atoms with Gasteiger partial charge in [-0.05, 0) is 25.1 Å². The van der Waals surface area contributed by atoms with Crippen LogP contribution in [0.1, 0.15) is 24.2 Å². The number of esters is 1. The molecule has 0 aliphatic rings. The highest BCUT2D eigenvalue weighted by Crippen LogP contribution is 2.20. The maximum Gasteiger partial charge on any atom is 0.338 e. The smallest absolute Gasteiger partial charge is 0.338 e. The number of carbonyl (C=O) groups excluding carboxylic acids is 2. The summed E-state index contributed by atoms with van der Waals surface area (Å²) in [6, 6.07) is 5.32. The quantitative estimate of drug-likeness (QED) is 0.789. The second kappa shape index (κ2) is 7.33. The van der Waals surface area contributed by atoms with Crippen LogP contribution in [-0.4, -0.2) is 36.8 Å². The fourth-order valence-electron chi connectivity index (χ4n) is 2.03. The minimum atomic E-state index is -0.355. The third-order valence-electron chi connectivity index (χ3n) is 2.97. The Bertz CT molecular complexity index is 760. The van der Waals surface area contributed by atoms with Gasteiger partial charge in [-0.15, -0.1) is 0 Å². The van der Waals surface area contributed by atoms with Crippen molar-refractivity contribution in [2.75, 3.05) is 20.3 Å². The fourth-order valence-corrected chi connectivity index (χ4v) is 3.17. The van der Waals surface area contributed by atoms with Gasteiger partial charge in [-0.2, -0.15) is 4.99 Å². The third-order valence-corrected chi connectivity index (χ3v) is 4.01. The Balaban J connectivity index is 2.55. The van der Waals surface area contributed by atoms with Crippen LogP contribution in [0.4, 0.5) is 0 Å². The van der Waals surface area contributed by atoms with E-state index in [1.165, 1.54) is 18.3 Å². The van der Waals surface area contributed by atoms with Crippen molar-refractivity contribution in [2.45, 2.75) is 20.4 Å². The molecule has 118 valence electrons. The van der Waals surface area contributed by atoms with Crippen LogP contribution in [0.25, 0.3) is 10.2 Å². The number of methoxy groups -OCH3 is 1. The van der Waals surface area contributed by atoms with Gasteiger partial charge in [0.1, 0.15) is 0 Å². The zero-order valence-electron chi connectivity index (χ0n) is 12.8. The van der Waals surface area contributed by atoms with Crippen LogP contribution in [-0.2, 0) is 20.8 Å². The number of ether oxygens (including phenoxy) is 2. The van der Waals surface area contributed by atoms with Crippen molar-refractivity contribution in [2.24, 2.45) is 4.99 Å². The van der Waals surface area contributed by atoms with Crippen molar-refractivity contribution in [3.63, 3.8) is 0 Å². The summed E-state index contributed by atoms with van der Waals surface area (Å²) in [5.41, 5.74) is 1.40. The normalized spacial score (nSPS) is 11.9. The molecule has 6 nitrogen and oxygen atoms in total. The Morgan fingerprint density at radius 1 is 1.36 bits per heavy atom. The summed E-state index contributed by atoms with van der Waals surface area (Å²) in [5.74, 6) is -0.616. The van der Waals surface area contributed by atoms with Crippen molar-refractivity contribution in [1.82, 2.24) is 4.57 Å². The summed E-state index contributed by atoms with van der Waals surface area (Å²) in [6.45, 7) is 4.61. The van der Waals surface area contributed by atoms with E-state index in [-0.39, 0.29) is 11.9 Å². The van der Waals surface area contributed by atoms with Gasteiger partial charge < -0.3 is 14.0 Å². The van der Waals surface area contributed by atoms with Gasteiger partial charge >= 0.3 is 5.97 Å². The van der Waals surface area contributed by atoms with Crippen LogP contribution >= 0.6 is 11.3 Å². The molecule has 1 amide bonds. The molecule has 2 aromatic rings. The van der Waals surface area contributed by atoms with E-state index in [0.717, 1.165) is 10.2 Å². The van der Waals surface area contributed by atoms with Crippen LogP contribution in [0.15, 0.2) is 23.2 Å². The first-order valence-corrected chi connectivity index (χ1v) is 7.73. The minimum absolute atomic E-state index is 0.261. The lowest BCUT2D eigenvalue weighted by Gasteiger charge is -2.05. The first kappa shape index (κ1) is 16.4. The Kier molecular flexibility index (Phi) is 5.46. The molecule has 0 atom stereocenters. The topological polar surface area (TPSA) is 69.9 Å². The molecule has 1 aromatic heterocycles. The van der Waals surface area contributed by atoms with Crippen LogP contribution in [0.3, 0.4) is 0 Å². The molecule has 0 saturated heterocycles. The minimum Gasteiger partial charge on any atom is -0.462 e. The lowest BCUT2D eigenvalue weighted by atomic mass is 10.2. The number of amides is 1. The van der Waals surface area contributed by atoms with E-state index in [4.69, 9.17) is 9.47 Å². The summed E-state index contributed by atoms with van der Waals surface area (Å²) in [6.07, 6.45) is 0. The largest absolute Gasteiger partial charge is 0.462 e. The van der Waals surface area contributed by atoms with Crippen molar-refractivity contribution >= 4 is 33.4 Å². The molecule has 1 heterocycles. The summed E-state index contributed by atoms with van der Waals surface area (Å²) >= 11 is 1.36. The third kappa shape index (κ3) is 3.61. The monoisotopic (exact) mass is 322 g/mol. The first-order valence-electron chi connectivity index (χ1n) is 6.91. The second-order valence-electron chi connectivity index (χ2n) is 4.56. The molecule has 0 N–H and O–H groups in total. The van der Waals surface area contributed by atoms with Crippen LogP contribution in [0.5, 0.6) is 0 Å². The number of fused-ring (bicyclic) bond motifs is 1. The van der Waals surface area contributed by atoms with E-state index in [0.29, 0.717) is 30.1 Å². The van der Waals surface area contributed by atoms with Gasteiger partial charge in [0, 0.05) is 20.6 Å². The lowest BCUT2D eigenvalue weighted by molar-refractivity contribution is -0.116. The molecular weight excluding hydrogens is 304 g/mol. The van der Waals surface area contributed by atoms with Crippen LogP contribution < -0.4 is 4.80 Å². The Morgan fingerprint density at radius 2 is 2.14 bits per heavy atom. The van der Waals surface area contributed by atoms with Gasteiger partial charge in [0.2, 0.25) is 5.91 Å². The zero-order chi connectivity index (χ0) is 16.1. The summed E-state index contributed by atoms with van der Waals surface area (Å²) in [7, 11) is 1.62. The Hall–Kier alpha value is -1.99. The van der Waals surface area contributed by atoms with E-state index >= 15 is 0 Å². The Morgan fingerprint density at radius 3 is 2.77 bits per heavy atom. The molecule has 0 unspecified atom stereocenters. The summed E-state index contributed by atoms with van der Waals surface area (Å²) in [4.78, 5) is 27.7. The van der Waals surface area contributed by atoms with Crippen LogP contribution in [0.2, 0.25) is 0 Å². The van der Waals surface area contributed by atoms with Gasteiger partial charge in [0.15, 0.2) is 4.80 Å². The SMILES string of the molecule is CCOC(=O)c1ccc2c(c1)sc(=NC(C)=O)n2CCOC. The van der Waals surface area contributed by atoms with Crippen LogP contribution in [0, 0.1) is 0 Å². The predicted octanol–water partition coefficient (Wildman–Crippen LogP) is 1.97. The molecule has 0 spiro atoms. The van der Waals surface area contributed by atoms with Crippen molar-refractivity contribution in [3.8, 4) is 0 Å². The van der Waals surface area contributed by atoms with Crippen molar-refractivity contribution in [3.05, 3.63) is 28.6 Å². The zero-order valence-corrected chi connectivity index (χ0v) is 13.6. The molecule has 7 heteroatoms. The molecule has 0 radical (unpaired) electrons. The van der Waals surface area contributed by atoms with Gasteiger partial charge in [0.05, 0.1) is 29.0 Å². The number of carbonyl (C=O) groups is 2. The molecule has 0 bridgehead atoms. The fraction of sp³-hybridized carbons (Fsp3) is 0.400. The molecule has 2 rings (SSSR count). The highest BCUT2D eigenvalue weighted by Gasteiger charge is 2.11. The molecular formula is C15H18N2O4S. The molecule has 0 saturated carbocycles. The second-order valence-corrected chi connectivity index (χ2v) is 5.57. The van der Waals surface area contributed by atoms with E-state index in [9.17, 15) is 9.59 Å². The van der Waals surface area contributed by atoms with E-state index in [2.05, 4.69) is 4.99 Å². The highest BCUT2D eigenvalue weighted by molar-refractivity contribution is 7.16. The number of benzene rings is 1. The van der Waals surface area contributed by atoms with Gasteiger partial charge in [-0.1, -0.05) is 11.3 Å². The number of rotatable bonds is 5. The number of hydrogen-bond donors (Lipinski definition) is 0. The van der Waals surface area contributed by atoms with Gasteiger partial charge in [-0.25, -0.2) is 4.79 Å². The predicted molar refractivity (Wildman–Crippen MR) is 83.9 cm³/mol. The lowest BCUT2D eigenvalue weighted by Crippen LogP contribution is -2.18. The van der Waals surface area contributed by atoms with Crippen molar-refractivity contribution < 1.29 is 19.1 Å². The first-order chi connectivity index (χ1) is 10.6. The average Bonchev–Trinajstić information content (AvgIpc) is 2.80. The molecule has 22 heavy (non-hydrogen) atoms. The maximum absolute atomic E-state index is 11.8. The van der Waals surface area contributed by atoms with E-state index < -0.39 is 0 Å². The maximum atomic E-state index is 11.8. The summed E-state index contributed by atoms with van der Waals surface area (Å²) in [5, 5.41) is 0. The number of hydrogen-bond acceptors (Lipinski definition) is 5. The number of aromatic nitrogens is 1. The summed E-state index contributed by atoms with van der Waals surface area (Å²) < 4.78 is 12.9. The molecule has 0 aliphatic carbocycles. The van der Waals surface area contributed by atoms with E-state index in [1.807, 2.05) is 10.6 Å².